The summed E-state index contributed by atoms with van der Waals surface area (Å²) in [7, 11) is 6.30. The minimum Gasteiger partial charge on any atom is -0.459 e. The molecular formula is C15H34NO2+. The van der Waals surface area contributed by atoms with Gasteiger partial charge in [0, 0.05) is 0 Å². The van der Waals surface area contributed by atoms with Crippen LogP contribution in [0.25, 0.3) is 0 Å². The molecule has 0 N–H and O–H groups in total. The van der Waals surface area contributed by atoms with Gasteiger partial charge in [-0.3, -0.25) is 4.79 Å². The van der Waals surface area contributed by atoms with E-state index in [1.807, 2.05) is 0 Å². The van der Waals surface area contributed by atoms with Gasteiger partial charge in [0.1, 0.15) is 13.2 Å². The van der Waals surface area contributed by atoms with Gasteiger partial charge < -0.3 is 9.22 Å². The predicted octanol–water partition coefficient (Wildman–Crippen LogP) is 3.19. The van der Waals surface area contributed by atoms with Gasteiger partial charge in [0.15, 0.2) is 0 Å². The molecule has 0 saturated carbocycles. The summed E-state index contributed by atoms with van der Waals surface area (Å²) in [5, 5.41) is 0. The third-order valence-corrected chi connectivity index (χ3v) is 2.84. The zero-order valence-corrected chi connectivity index (χ0v) is 12.6. The van der Waals surface area contributed by atoms with Gasteiger partial charge in [0.05, 0.1) is 27.1 Å². The van der Waals surface area contributed by atoms with Crippen molar-refractivity contribution in [1.82, 2.24) is 0 Å². The summed E-state index contributed by atoms with van der Waals surface area (Å²) in [6, 6.07) is 0. The fourth-order valence-corrected chi connectivity index (χ4v) is 1.68. The molecule has 1 atom stereocenters. The van der Waals surface area contributed by atoms with E-state index in [0.717, 1.165) is 17.4 Å². The number of quaternary nitrogens is 1. The first-order chi connectivity index (χ1) is 7.63. The molecule has 18 heavy (non-hydrogen) atoms. The maximum atomic E-state index is 12.0. The van der Waals surface area contributed by atoms with Gasteiger partial charge in [-0.1, -0.05) is 35.1 Å². The quantitative estimate of drug-likeness (QED) is 0.519. The molecule has 0 aliphatic heterocycles. The Labute approximate surface area is 114 Å². The first kappa shape index (κ1) is 19.8. The Bertz CT molecular complexity index is 229. The maximum Gasteiger partial charge on any atom is 0.309 e. The molecular weight excluding hydrogens is 226 g/mol. The Hall–Kier alpha value is -0.570. The van der Waals surface area contributed by atoms with Gasteiger partial charge in [-0.2, -0.15) is 0 Å². The summed E-state index contributed by atoms with van der Waals surface area (Å²) >= 11 is 0. The number of likely N-dealkylation sites (N-methyl/N-ethyl adjacent to an activating group) is 1. The van der Waals surface area contributed by atoms with Gasteiger partial charge in [-0.15, -0.1) is 0 Å². The van der Waals surface area contributed by atoms with Crippen LogP contribution in [0.3, 0.4) is 0 Å². The molecule has 3 heteroatoms. The van der Waals surface area contributed by atoms with Gasteiger partial charge in [0.25, 0.3) is 0 Å². The largest absolute Gasteiger partial charge is 0.459 e. The first-order valence-corrected chi connectivity index (χ1v) is 6.60. The summed E-state index contributed by atoms with van der Waals surface area (Å²) in [5.74, 6) is 0.909. The number of nitrogens with zero attached hydrogens (tertiary/aromatic N) is 1. The first-order valence-electron chi connectivity index (χ1n) is 6.60. The number of carbonyl (C=O) groups excluding carboxylic acids is 1. The van der Waals surface area contributed by atoms with Crippen molar-refractivity contribution in [3.05, 3.63) is 0 Å². The van der Waals surface area contributed by atoms with Crippen molar-refractivity contribution in [2.45, 2.75) is 41.5 Å². The summed E-state index contributed by atoms with van der Waals surface area (Å²) < 4.78 is 6.21. The fraction of sp³-hybridized carbons (Fsp3) is 0.933. The van der Waals surface area contributed by atoms with Crippen molar-refractivity contribution < 1.29 is 14.0 Å². The molecule has 0 aromatic carbocycles. The van der Waals surface area contributed by atoms with Crippen molar-refractivity contribution in [2.75, 3.05) is 34.3 Å². The van der Waals surface area contributed by atoms with Crippen LogP contribution in [0.2, 0.25) is 0 Å². The number of rotatable bonds is 7. The van der Waals surface area contributed by atoms with Crippen molar-refractivity contribution >= 4 is 5.97 Å². The Morgan fingerprint density at radius 2 is 1.61 bits per heavy atom. The molecule has 110 valence electrons. The topological polar surface area (TPSA) is 26.3 Å². The number of hydrogen-bond donors (Lipinski definition) is 0. The summed E-state index contributed by atoms with van der Waals surface area (Å²) in [5.41, 5.74) is 0. The van der Waals surface area contributed by atoms with Gasteiger partial charge in [-0.05, 0) is 18.3 Å². The summed E-state index contributed by atoms with van der Waals surface area (Å²) in [4.78, 5) is 12.0. The smallest absolute Gasteiger partial charge is 0.309 e. The zero-order valence-electron chi connectivity index (χ0n) is 12.6. The Morgan fingerprint density at radius 1 is 1.11 bits per heavy atom. The SMILES string of the molecule is C.CC(C)CC(C(=O)OCC[N+](C)(C)C)C(C)C. The lowest BCUT2D eigenvalue weighted by atomic mass is 9.88. The molecule has 0 aromatic rings. The molecule has 0 fully saturated rings. The molecule has 0 spiro atoms. The second-order valence-corrected chi connectivity index (χ2v) is 6.66. The van der Waals surface area contributed by atoms with E-state index in [-0.39, 0.29) is 19.3 Å². The molecule has 3 nitrogen and oxygen atoms in total. The molecule has 0 radical (unpaired) electrons. The van der Waals surface area contributed by atoms with Crippen molar-refractivity contribution in [1.29, 1.82) is 0 Å². The minimum absolute atomic E-state index is 0. The average molecular weight is 260 g/mol. The number of esters is 1. The van der Waals surface area contributed by atoms with Gasteiger partial charge in [-0.25, -0.2) is 0 Å². The summed E-state index contributed by atoms with van der Waals surface area (Å²) in [6.45, 7) is 9.85. The van der Waals surface area contributed by atoms with E-state index < -0.39 is 0 Å². The predicted molar refractivity (Wildman–Crippen MR) is 78.4 cm³/mol. The van der Waals surface area contributed by atoms with Gasteiger partial charge >= 0.3 is 5.97 Å². The second kappa shape index (κ2) is 8.52. The van der Waals surface area contributed by atoms with Crippen molar-refractivity contribution in [2.24, 2.45) is 17.8 Å². The van der Waals surface area contributed by atoms with Crippen LogP contribution in [0.1, 0.15) is 41.5 Å². The lowest BCUT2D eigenvalue weighted by Gasteiger charge is -2.25. The van der Waals surface area contributed by atoms with E-state index in [1.165, 1.54) is 0 Å². The monoisotopic (exact) mass is 260 g/mol. The van der Waals surface area contributed by atoms with Crippen LogP contribution in [0.5, 0.6) is 0 Å². The van der Waals surface area contributed by atoms with Crippen LogP contribution in [0, 0.1) is 17.8 Å². The molecule has 0 amide bonds. The van der Waals surface area contributed by atoms with Crippen molar-refractivity contribution in [3.8, 4) is 0 Å². The van der Waals surface area contributed by atoms with E-state index in [1.54, 1.807) is 0 Å². The lowest BCUT2D eigenvalue weighted by molar-refractivity contribution is -0.870. The molecule has 0 aliphatic rings. The highest BCUT2D eigenvalue weighted by Gasteiger charge is 2.25. The molecule has 0 aliphatic carbocycles. The Balaban J connectivity index is 0. The van der Waals surface area contributed by atoms with E-state index in [4.69, 9.17) is 4.74 Å². The molecule has 0 bridgehead atoms. The highest BCUT2D eigenvalue weighted by atomic mass is 16.5. The Kier molecular flexibility index (Phi) is 9.35. The van der Waals surface area contributed by atoms with E-state index in [2.05, 4.69) is 48.8 Å². The van der Waals surface area contributed by atoms with Crippen molar-refractivity contribution in [3.63, 3.8) is 0 Å². The third-order valence-electron chi connectivity index (χ3n) is 2.84. The molecule has 0 saturated heterocycles. The highest BCUT2D eigenvalue weighted by molar-refractivity contribution is 5.72. The molecule has 0 rings (SSSR count). The van der Waals surface area contributed by atoms with Crippen LogP contribution in [0.15, 0.2) is 0 Å². The van der Waals surface area contributed by atoms with Crippen LogP contribution < -0.4 is 0 Å². The fourth-order valence-electron chi connectivity index (χ4n) is 1.68. The van der Waals surface area contributed by atoms with E-state index in [9.17, 15) is 4.79 Å². The van der Waals surface area contributed by atoms with Gasteiger partial charge in [0.2, 0.25) is 0 Å². The Morgan fingerprint density at radius 3 is 1.94 bits per heavy atom. The maximum absolute atomic E-state index is 12.0. The van der Waals surface area contributed by atoms with Crippen LogP contribution in [-0.4, -0.2) is 44.7 Å². The standard InChI is InChI=1S/C14H30NO2.CH4/c1-11(2)10-13(12(3)4)14(16)17-9-8-15(5,6)7;/h11-13H,8-10H2,1-7H3;1H4/q+1;. The lowest BCUT2D eigenvalue weighted by Crippen LogP contribution is -2.38. The zero-order chi connectivity index (χ0) is 13.6. The summed E-state index contributed by atoms with van der Waals surface area (Å²) in [6.07, 6.45) is 0.918. The van der Waals surface area contributed by atoms with E-state index >= 15 is 0 Å². The number of hydrogen-bond acceptors (Lipinski definition) is 2. The second-order valence-electron chi connectivity index (χ2n) is 6.66. The normalized spacial score (nSPS) is 13.4. The highest BCUT2D eigenvalue weighted by Crippen LogP contribution is 2.21. The van der Waals surface area contributed by atoms with Crippen LogP contribution in [0.4, 0.5) is 0 Å². The van der Waals surface area contributed by atoms with Crippen LogP contribution >= 0.6 is 0 Å². The van der Waals surface area contributed by atoms with Crippen LogP contribution in [-0.2, 0) is 9.53 Å². The molecule has 1 unspecified atom stereocenters. The molecule has 0 aromatic heterocycles. The minimum atomic E-state index is -0.0258. The number of ether oxygens (including phenoxy) is 1. The van der Waals surface area contributed by atoms with E-state index in [0.29, 0.717) is 18.4 Å². The average Bonchev–Trinajstić information content (AvgIpc) is 2.11. The molecule has 0 heterocycles. The third kappa shape index (κ3) is 9.46. The number of carbonyl (C=O) groups is 1.